The molecule has 0 spiro atoms. The fraction of sp³-hybridized carbons (Fsp3) is 0.261. The van der Waals surface area contributed by atoms with Gasteiger partial charge >= 0.3 is 0 Å². The Hall–Kier alpha value is -4.48. The maximum atomic E-state index is 13.6. The van der Waals surface area contributed by atoms with Gasteiger partial charge in [0, 0.05) is 36.7 Å². The van der Waals surface area contributed by atoms with Crippen LogP contribution < -0.4 is 5.56 Å². The maximum Gasteiger partial charge on any atom is 0.281 e. The van der Waals surface area contributed by atoms with Crippen molar-refractivity contribution in [3.05, 3.63) is 91.8 Å². The molecule has 1 N–H and O–H groups in total. The number of nitro benzene ring substituents is 1. The summed E-state index contributed by atoms with van der Waals surface area (Å²) in [6, 6.07) is 11.6. The first kappa shape index (κ1) is 22.3. The molecule has 5 rings (SSSR count). The summed E-state index contributed by atoms with van der Waals surface area (Å²) in [5, 5.41) is 18.8. The number of H-pyrrole nitrogens is 1. The summed E-state index contributed by atoms with van der Waals surface area (Å²) in [4.78, 5) is 44.8. The smallest absolute Gasteiger partial charge is 0.281 e. The van der Waals surface area contributed by atoms with Gasteiger partial charge in [0.25, 0.3) is 17.2 Å². The van der Waals surface area contributed by atoms with E-state index in [4.69, 9.17) is 0 Å². The number of aromatic nitrogens is 5. The lowest BCUT2D eigenvalue weighted by atomic mass is 9.95. The number of benzene rings is 2. The Labute approximate surface area is 197 Å². The van der Waals surface area contributed by atoms with E-state index in [2.05, 4.69) is 20.3 Å². The number of rotatable bonds is 5. The summed E-state index contributed by atoms with van der Waals surface area (Å²) in [5.74, 6) is -0.153. The van der Waals surface area contributed by atoms with Crippen molar-refractivity contribution in [3.63, 3.8) is 0 Å². The average molecular weight is 477 g/mol. The van der Waals surface area contributed by atoms with Crippen molar-refractivity contribution in [3.8, 4) is 0 Å². The molecule has 0 atom stereocenters. The molecule has 1 aliphatic rings. The molecule has 35 heavy (non-hydrogen) atoms. The molecular formula is C23H20FN7O4. The molecule has 1 amide bonds. The Bertz CT molecular complexity index is 1470. The van der Waals surface area contributed by atoms with Gasteiger partial charge in [-0.25, -0.2) is 14.1 Å². The van der Waals surface area contributed by atoms with E-state index in [-0.39, 0.29) is 35.4 Å². The van der Waals surface area contributed by atoms with Crippen LogP contribution in [0.3, 0.4) is 0 Å². The fourth-order valence-electron chi connectivity index (χ4n) is 4.26. The van der Waals surface area contributed by atoms with E-state index in [0.29, 0.717) is 48.5 Å². The van der Waals surface area contributed by atoms with Crippen LogP contribution >= 0.6 is 0 Å². The zero-order chi connectivity index (χ0) is 24.5. The van der Waals surface area contributed by atoms with Crippen LogP contribution in [0.15, 0.2) is 53.3 Å². The lowest BCUT2D eigenvalue weighted by molar-refractivity contribution is -0.384. The minimum atomic E-state index is -0.510. The number of carbonyl (C=O) groups excluding carboxylic acids is 1. The van der Waals surface area contributed by atoms with Crippen LogP contribution in [0.1, 0.15) is 40.5 Å². The van der Waals surface area contributed by atoms with Crippen LogP contribution in [-0.2, 0) is 6.54 Å². The first-order valence-corrected chi connectivity index (χ1v) is 11.0. The van der Waals surface area contributed by atoms with Crippen molar-refractivity contribution in [1.82, 2.24) is 29.9 Å². The molecule has 0 radical (unpaired) electrons. The van der Waals surface area contributed by atoms with Gasteiger partial charge in [0.05, 0.1) is 11.5 Å². The zero-order valence-electron chi connectivity index (χ0n) is 18.4. The van der Waals surface area contributed by atoms with Crippen LogP contribution in [0.5, 0.6) is 0 Å². The van der Waals surface area contributed by atoms with Gasteiger partial charge in [-0.2, -0.15) is 0 Å². The Kier molecular flexibility index (Phi) is 5.77. The number of likely N-dealkylation sites (tertiary alicyclic amines) is 1. The van der Waals surface area contributed by atoms with Gasteiger partial charge in [0.2, 0.25) is 0 Å². The molecule has 3 heterocycles. The van der Waals surface area contributed by atoms with Gasteiger partial charge in [-0.1, -0.05) is 17.3 Å². The minimum Gasteiger partial charge on any atom is -0.339 e. The summed E-state index contributed by atoms with van der Waals surface area (Å²) < 4.78 is 15.0. The summed E-state index contributed by atoms with van der Waals surface area (Å²) in [6.45, 7) is 1.11. The number of carbonyl (C=O) groups is 1. The first-order valence-electron chi connectivity index (χ1n) is 11.0. The van der Waals surface area contributed by atoms with Crippen LogP contribution in [0.2, 0.25) is 0 Å². The second-order valence-electron chi connectivity index (χ2n) is 8.37. The van der Waals surface area contributed by atoms with E-state index in [1.807, 2.05) is 0 Å². The van der Waals surface area contributed by atoms with E-state index in [1.165, 1.54) is 41.1 Å². The Balaban J connectivity index is 1.32. The molecule has 0 aliphatic carbocycles. The third-order valence-electron chi connectivity index (χ3n) is 6.11. The molecule has 1 aliphatic heterocycles. The molecular weight excluding hydrogens is 457 g/mol. The van der Waals surface area contributed by atoms with Crippen LogP contribution in [0.4, 0.5) is 10.1 Å². The number of nitrogens with one attached hydrogen (secondary N) is 1. The number of hydrogen-bond donors (Lipinski definition) is 1. The normalized spacial score (nSPS) is 14.4. The maximum absolute atomic E-state index is 13.6. The van der Waals surface area contributed by atoms with E-state index < -0.39 is 10.5 Å². The summed E-state index contributed by atoms with van der Waals surface area (Å²) in [5.41, 5.74) is 0.998. The van der Waals surface area contributed by atoms with Gasteiger partial charge in [-0.3, -0.25) is 19.7 Å². The number of aromatic amines is 1. The molecule has 2 aromatic carbocycles. The van der Waals surface area contributed by atoms with E-state index in [0.717, 1.165) is 0 Å². The molecule has 12 heteroatoms. The molecule has 11 nitrogen and oxygen atoms in total. The number of non-ortho nitro benzene ring substituents is 1. The molecule has 178 valence electrons. The van der Waals surface area contributed by atoms with Crippen molar-refractivity contribution in [1.29, 1.82) is 0 Å². The quantitative estimate of drug-likeness (QED) is 0.344. The van der Waals surface area contributed by atoms with E-state index in [9.17, 15) is 24.1 Å². The van der Waals surface area contributed by atoms with E-state index in [1.54, 1.807) is 17.0 Å². The Morgan fingerprint density at radius 3 is 2.60 bits per heavy atom. The lowest BCUT2D eigenvalue weighted by Gasteiger charge is -2.31. The molecule has 2 aromatic heterocycles. The highest BCUT2D eigenvalue weighted by Gasteiger charge is 2.27. The lowest BCUT2D eigenvalue weighted by Crippen LogP contribution is -2.38. The number of halogens is 1. The zero-order valence-corrected chi connectivity index (χ0v) is 18.4. The standard InChI is InChI=1S/C23H20FN7O4/c24-17-3-1-2-14(12-17)13-30-21-19(27-28-30)22(32)26-20(25-21)15-8-10-29(11-9-15)23(33)16-4-6-18(7-5-16)31(34)35/h1-7,12,15H,8-11,13H2,(H,25,26,32). The minimum absolute atomic E-state index is 0.0724. The van der Waals surface area contributed by atoms with Crippen molar-refractivity contribution < 1.29 is 14.1 Å². The number of fused-ring (bicyclic) bond motifs is 1. The third kappa shape index (κ3) is 4.50. The molecule has 1 saturated heterocycles. The highest BCUT2D eigenvalue weighted by molar-refractivity contribution is 5.94. The number of nitro groups is 1. The Morgan fingerprint density at radius 1 is 1.17 bits per heavy atom. The third-order valence-corrected chi connectivity index (χ3v) is 6.11. The topological polar surface area (TPSA) is 140 Å². The molecule has 0 saturated carbocycles. The molecule has 0 unspecified atom stereocenters. The van der Waals surface area contributed by atoms with Gasteiger partial charge in [0.1, 0.15) is 11.6 Å². The van der Waals surface area contributed by atoms with Crippen molar-refractivity contribution >= 4 is 22.8 Å². The Morgan fingerprint density at radius 2 is 1.91 bits per heavy atom. The van der Waals surface area contributed by atoms with Crippen LogP contribution in [0, 0.1) is 15.9 Å². The number of nitrogens with zero attached hydrogens (tertiary/aromatic N) is 6. The fourth-order valence-corrected chi connectivity index (χ4v) is 4.26. The summed E-state index contributed by atoms with van der Waals surface area (Å²) >= 11 is 0. The highest BCUT2D eigenvalue weighted by Crippen LogP contribution is 2.27. The highest BCUT2D eigenvalue weighted by atomic mass is 19.1. The number of piperidine rings is 1. The molecule has 1 fully saturated rings. The second-order valence-corrected chi connectivity index (χ2v) is 8.37. The van der Waals surface area contributed by atoms with Crippen LogP contribution in [-0.4, -0.2) is 53.8 Å². The summed E-state index contributed by atoms with van der Waals surface area (Å²) in [7, 11) is 0. The number of hydrogen-bond acceptors (Lipinski definition) is 7. The van der Waals surface area contributed by atoms with Crippen molar-refractivity contribution in [2.45, 2.75) is 25.3 Å². The van der Waals surface area contributed by atoms with Crippen molar-refractivity contribution in [2.24, 2.45) is 0 Å². The van der Waals surface area contributed by atoms with Gasteiger partial charge in [-0.15, -0.1) is 5.10 Å². The van der Waals surface area contributed by atoms with E-state index >= 15 is 0 Å². The SMILES string of the molecule is O=C(c1ccc([N+](=O)[O-])cc1)N1CCC(c2nc3c(nnn3Cc3cccc(F)c3)c(=O)[nH]2)CC1. The van der Waals surface area contributed by atoms with Gasteiger partial charge in [-0.05, 0) is 42.7 Å². The second kappa shape index (κ2) is 9.05. The number of amides is 1. The predicted molar refractivity (Wildman–Crippen MR) is 122 cm³/mol. The van der Waals surface area contributed by atoms with Gasteiger partial charge in [0.15, 0.2) is 11.2 Å². The monoisotopic (exact) mass is 477 g/mol. The van der Waals surface area contributed by atoms with Crippen molar-refractivity contribution in [2.75, 3.05) is 13.1 Å². The van der Waals surface area contributed by atoms with Gasteiger partial charge < -0.3 is 9.88 Å². The summed E-state index contributed by atoms with van der Waals surface area (Å²) in [6.07, 6.45) is 1.16. The van der Waals surface area contributed by atoms with Crippen LogP contribution in [0.25, 0.3) is 11.2 Å². The predicted octanol–water partition coefficient (Wildman–Crippen LogP) is 2.63. The molecule has 4 aromatic rings. The largest absolute Gasteiger partial charge is 0.339 e. The molecule has 0 bridgehead atoms. The average Bonchev–Trinajstić information content (AvgIpc) is 3.27. The first-order chi connectivity index (χ1) is 16.9.